The van der Waals surface area contributed by atoms with E-state index >= 15 is 0 Å². The maximum absolute atomic E-state index is 13.7. The first-order valence-corrected chi connectivity index (χ1v) is 7.26. The van der Waals surface area contributed by atoms with Crippen molar-refractivity contribution in [2.24, 2.45) is 0 Å². The quantitative estimate of drug-likeness (QED) is 0.931. The van der Waals surface area contributed by atoms with Gasteiger partial charge < -0.3 is 15.1 Å². The third-order valence-electron chi connectivity index (χ3n) is 3.80. The van der Waals surface area contributed by atoms with Gasteiger partial charge in [-0.2, -0.15) is 0 Å². The molecule has 1 unspecified atom stereocenters. The predicted octanol–water partition coefficient (Wildman–Crippen LogP) is 2.59. The Morgan fingerprint density at radius 2 is 1.95 bits per heavy atom. The highest BCUT2D eigenvalue weighted by molar-refractivity contribution is 5.74. The van der Waals surface area contributed by atoms with E-state index in [2.05, 4.69) is 5.32 Å². The van der Waals surface area contributed by atoms with Gasteiger partial charge in [0.2, 0.25) is 0 Å². The molecule has 0 saturated carbocycles. The van der Waals surface area contributed by atoms with E-state index in [-0.39, 0.29) is 12.1 Å². The standard InChI is InChI=1S/C15H21F2N3O/c1-3-11(2)18-15(21)20-8-6-19(7-9-20)14-5-4-12(16)10-13(14)17/h4-5,10-11H,3,6-9H2,1-2H3,(H,18,21). The summed E-state index contributed by atoms with van der Waals surface area (Å²) in [5, 5.41) is 2.92. The first-order valence-electron chi connectivity index (χ1n) is 7.26. The first kappa shape index (κ1) is 15.5. The Hall–Kier alpha value is -1.85. The van der Waals surface area contributed by atoms with Crippen LogP contribution in [0.4, 0.5) is 19.3 Å². The van der Waals surface area contributed by atoms with Gasteiger partial charge in [-0.3, -0.25) is 0 Å². The van der Waals surface area contributed by atoms with Gasteiger partial charge in [0.15, 0.2) is 0 Å². The molecule has 0 spiro atoms. The minimum absolute atomic E-state index is 0.0800. The van der Waals surface area contributed by atoms with E-state index < -0.39 is 11.6 Å². The average molecular weight is 297 g/mol. The fourth-order valence-corrected chi connectivity index (χ4v) is 2.29. The van der Waals surface area contributed by atoms with Crippen molar-refractivity contribution in [1.82, 2.24) is 10.2 Å². The zero-order valence-electron chi connectivity index (χ0n) is 12.4. The van der Waals surface area contributed by atoms with E-state index in [9.17, 15) is 13.6 Å². The molecular weight excluding hydrogens is 276 g/mol. The van der Waals surface area contributed by atoms with Crippen LogP contribution in [0.5, 0.6) is 0 Å². The summed E-state index contributed by atoms with van der Waals surface area (Å²) in [6, 6.07) is 3.64. The normalized spacial score (nSPS) is 16.8. The number of carbonyl (C=O) groups is 1. The van der Waals surface area contributed by atoms with Crippen LogP contribution in [0.3, 0.4) is 0 Å². The largest absolute Gasteiger partial charge is 0.366 e. The topological polar surface area (TPSA) is 35.6 Å². The first-order chi connectivity index (χ1) is 10.0. The second-order valence-corrected chi connectivity index (χ2v) is 5.33. The molecule has 1 heterocycles. The second-order valence-electron chi connectivity index (χ2n) is 5.33. The summed E-state index contributed by atoms with van der Waals surface area (Å²) in [5.41, 5.74) is 0.387. The van der Waals surface area contributed by atoms with Crippen molar-refractivity contribution in [2.75, 3.05) is 31.1 Å². The van der Waals surface area contributed by atoms with Gasteiger partial charge >= 0.3 is 6.03 Å². The van der Waals surface area contributed by atoms with E-state index in [0.29, 0.717) is 31.9 Å². The molecule has 21 heavy (non-hydrogen) atoms. The van der Waals surface area contributed by atoms with Gasteiger partial charge in [-0.05, 0) is 25.5 Å². The van der Waals surface area contributed by atoms with Crippen molar-refractivity contribution >= 4 is 11.7 Å². The molecule has 2 rings (SSSR count). The highest BCUT2D eigenvalue weighted by Gasteiger charge is 2.23. The molecule has 0 bridgehead atoms. The Bertz CT molecular complexity index is 502. The molecule has 1 fully saturated rings. The number of urea groups is 1. The molecule has 2 amide bonds. The Balaban J connectivity index is 1.92. The number of carbonyl (C=O) groups excluding carboxylic acids is 1. The van der Waals surface area contributed by atoms with Crippen LogP contribution in [-0.2, 0) is 0 Å². The molecule has 1 aliphatic rings. The Morgan fingerprint density at radius 1 is 1.29 bits per heavy atom. The lowest BCUT2D eigenvalue weighted by Gasteiger charge is -2.36. The van der Waals surface area contributed by atoms with Gasteiger partial charge in [0.25, 0.3) is 0 Å². The lowest BCUT2D eigenvalue weighted by Crippen LogP contribution is -2.53. The number of rotatable bonds is 3. The van der Waals surface area contributed by atoms with Crippen LogP contribution in [0.15, 0.2) is 18.2 Å². The number of nitrogens with one attached hydrogen (secondary N) is 1. The fourth-order valence-electron chi connectivity index (χ4n) is 2.29. The molecule has 1 aromatic carbocycles. The molecule has 1 saturated heterocycles. The van der Waals surface area contributed by atoms with Crippen molar-refractivity contribution in [2.45, 2.75) is 26.3 Å². The molecular formula is C15H21F2N3O. The number of piperazine rings is 1. The summed E-state index contributed by atoms with van der Waals surface area (Å²) in [4.78, 5) is 15.6. The zero-order chi connectivity index (χ0) is 15.4. The molecule has 0 aliphatic carbocycles. The summed E-state index contributed by atoms with van der Waals surface area (Å²) in [6.07, 6.45) is 0.881. The summed E-state index contributed by atoms with van der Waals surface area (Å²) >= 11 is 0. The smallest absolute Gasteiger partial charge is 0.317 e. The van der Waals surface area contributed by atoms with Crippen LogP contribution in [0, 0.1) is 11.6 Å². The van der Waals surface area contributed by atoms with Gasteiger partial charge in [0.1, 0.15) is 11.6 Å². The van der Waals surface area contributed by atoms with Gasteiger partial charge in [0, 0.05) is 38.3 Å². The number of benzene rings is 1. The highest BCUT2D eigenvalue weighted by atomic mass is 19.1. The molecule has 6 heteroatoms. The van der Waals surface area contributed by atoms with Gasteiger partial charge in [-0.15, -0.1) is 0 Å². The van der Waals surface area contributed by atoms with E-state index in [1.165, 1.54) is 12.1 Å². The summed E-state index contributed by atoms with van der Waals surface area (Å²) in [5.74, 6) is -1.14. The fraction of sp³-hybridized carbons (Fsp3) is 0.533. The van der Waals surface area contributed by atoms with Crippen molar-refractivity contribution < 1.29 is 13.6 Å². The van der Waals surface area contributed by atoms with Crippen LogP contribution in [0.2, 0.25) is 0 Å². The molecule has 1 N–H and O–H groups in total. The van der Waals surface area contributed by atoms with E-state index in [0.717, 1.165) is 12.5 Å². The molecule has 1 aromatic rings. The van der Waals surface area contributed by atoms with Crippen LogP contribution in [0.25, 0.3) is 0 Å². The lowest BCUT2D eigenvalue weighted by atomic mass is 10.2. The summed E-state index contributed by atoms with van der Waals surface area (Å²) in [6.45, 7) is 6.10. The summed E-state index contributed by atoms with van der Waals surface area (Å²) in [7, 11) is 0. The number of anilines is 1. The Kier molecular flexibility index (Phi) is 4.98. The maximum atomic E-state index is 13.7. The molecule has 1 aliphatic heterocycles. The van der Waals surface area contributed by atoms with Crippen molar-refractivity contribution in [3.05, 3.63) is 29.8 Å². The van der Waals surface area contributed by atoms with Crippen LogP contribution < -0.4 is 10.2 Å². The van der Waals surface area contributed by atoms with E-state index in [1.54, 1.807) is 4.90 Å². The number of amides is 2. The van der Waals surface area contributed by atoms with Gasteiger partial charge in [-0.25, -0.2) is 13.6 Å². The zero-order valence-corrected chi connectivity index (χ0v) is 12.4. The molecule has 0 aromatic heterocycles. The monoisotopic (exact) mass is 297 g/mol. The number of nitrogens with zero attached hydrogens (tertiary/aromatic N) is 2. The van der Waals surface area contributed by atoms with Crippen molar-refractivity contribution in [3.8, 4) is 0 Å². The number of hydrogen-bond acceptors (Lipinski definition) is 2. The van der Waals surface area contributed by atoms with Gasteiger partial charge in [-0.1, -0.05) is 6.92 Å². The average Bonchev–Trinajstić information content (AvgIpc) is 2.47. The lowest BCUT2D eigenvalue weighted by molar-refractivity contribution is 0.190. The van der Waals surface area contributed by atoms with Crippen LogP contribution in [0.1, 0.15) is 20.3 Å². The number of halogens is 2. The third-order valence-corrected chi connectivity index (χ3v) is 3.80. The molecule has 1 atom stereocenters. The highest BCUT2D eigenvalue weighted by Crippen LogP contribution is 2.21. The maximum Gasteiger partial charge on any atom is 0.317 e. The molecule has 4 nitrogen and oxygen atoms in total. The molecule has 116 valence electrons. The number of hydrogen-bond donors (Lipinski definition) is 1. The van der Waals surface area contributed by atoms with E-state index in [1.807, 2.05) is 18.7 Å². The van der Waals surface area contributed by atoms with E-state index in [4.69, 9.17) is 0 Å². The second kappa shape index (κ2) is 6.74. The minimum atomic E-state index is -0.581. The van der Waals surface area contributed by atoms with Crippen molar-refractivity contribution in [3.63, 3.8) is 0 Å². The van der Waals surface area contributed by atoms with Gasteiger partial charge in [0.05, 0.1) is 5.69 Å². The van der Waals surface area contributed by atoms with Crippen molar-refractivity contribution in [1.29, 1.82) is 0 Å². The van der Waals surface area contributed by atoms with Crippen LogP contribution >= 0.6 is 0 Å². The Morgan fingerprint density at radius 3 is 2.52 bits per heavy atom. The SMILES string of the molecule is CCC(C)NC(=O)N1CCN(c2ccc(F)cc2F)CC1. The predicted molar refractivity (Wildman–Crippen MR) is 78.4 cm³/mol. The summed E-state index contributed by atoms with van der Waals surface area (Å²) < 4.78 is 26.7. The van der Waals surface area contributed by atoms with Crippen LogP contribution in [-0.4, -0.2) is 43.2 Å². The Labute approximate surface area is 123 Å². The minimum Gasteiger partial charge on any atom is -0.366 e. The molecule has 0 radical (unpaired) electrons. The third kappa shape index (κ3) is 3.83.